The Morgan fingerprint density at radius 2 is 1.84 bits per heavy atom. The molecule has 0 atom stereocenters. The third-order valence-corrected chi connectivity index (χ3v) is 3.80. The van der Waals surface area contributed by atoms with Crippen molar-refractivity contribution in [1.29, 1.82) is 0 Å². The van der Waals surface area contributed by atoms with E-state index in [4.69, 9.17) is 28.3 Å². The first-order chi connectivity index (χ1) is 9.00. The third kappa shape index (κ3) is 2.89. The average molecular weight is 316 g/mol. The Balaban J connectivity index is 2.42. The molecule has 0 aliphatic heterocycles. The van der Waals surface area contributed by atoms with Crippen LogP contribution in [0.1, 0.15) is 20.0 Å². The number of carbonyl (C=O) groups is 2. The Morgan fingerprint density at radius 1 is 1.16 bits per heavy atom. The maximum absolute atomic E-state index is 11.9. The van der Waals surface area contributed by atoms with Gasteiger partial charge in [-0.3, -0.25) is 4.79 Å². The molecule has 1 amide bonds. The molecule has 0 saturated carbocycles. The number of nitrogens with one attached hydrogen (secondary N) is 1. The van der Waals surface area contributed by atoms with Crippen LogP contribution in [-0.2, 0) is 0 Å². The number of hydrogen-bond acceptors (Lipinski definition) is 3. The summed E-state index contributed by atoms with van der Waals surface area (Å²) in [5.41, 5.74) is -0.223. The van der Waals surface area contributed by atoms with Gasteiger partial charge in [0.15, 0.2) is 0 Å². The summed E-state index contributed by atoms with van der Waals surface area (Å²) in [6.45, 7) is 0. The molecule has 0 saturated heterocycles. The van der Waals surface area contributed by atoms with Crippen LogP contribution in [0.4, 0.5) is 5.69 Å². The van der Waals surface area contributed by atoms with Gasteiger partial charge in [0.25, 0.3) is 5.91 Å². The first-order valence-electron chi connectivity index (χ1n) is 5.07. The molecule has 0 fully saturated rings. The van der Waals surface area contributed by atoms with Crippen LogP contribution in [0.15, 0.2) is 29.6 Å². The minimum atomic E-state index is -1.26. The molecule has 1 heterocycles. The van der Waals surface area contributed by atoms with E-state index in [1.807, 2.05) is 0 Å². The normalized spacial score (nSPS) is 10.2. The molecule has 2 N–H and O–H groups in total. The van der Waals surface area contributed by atoms with E-state index < -0.39 is 11.9 Å². The summed E-state index contributed by atoms with van der Waals surface area (Å²) in [5.74, 6) is -1.68. The van der Waals surface area contributed by atoms with Crippen LogP contribution in [0, 0.1) is 0 Å². The van der Waals surface area contributed by atoms with Crippen LogP contribution >= 0.6 is 34.5 Å². The van der Waals surface area contributed by atoms with Gasteiger partial charge in [0, 0.05) is 0 Å². The lowest BCUT2D eigenvalue weighted by Crippen LogP contribution is -2.14. The highest BCUT2D eigenvalue weighted by Gasteiger charge is 2.20. The van der Waals surface area contributed by atoms with Crippen molar-refractivity contribution in [3.63, 3.8) is 0 Å². The van der Waals surface area contributed by atoms with Gasteiger partial charge in [-0.15, -0.1) is 11.3 Å². The standard InChI is InChI=1S/C12H7Cl2NO3S/c13-6-3-4-7(14)10(9(6)12(17)18)15-11(16)8-2-1-5-19-8/h1-5H,(H,15,16)(H,17,18). The van der Waals surface area contributed by atoms with E-state index in [2.05, 4.69) is 5.32 Å². The summed E-state index contributed by atoms with van der Waals surface area (Å²) < 4.78 is 0. The zero-order chi connectivity index (χ0) is 14.0. The van der Waals surface area contributed by atoms with Crippen LogP contribution in [0.2, 0.25) is 10.0 Å². The quantitative estimate of drug-likeness (QED) is 0.899. The maximum Gasteiger partial charge on any atom is 0.339 e. The average Bonchev–Trinajstić information content (AvgIpc) is 2.87. The van der Waals surface area contributed by atoms with E-state index in [-0.39, 0.29) is 21.3 Å². The SMILES string of the molecule is O=C(Nc1c(Cl)ccc(Cl)c1C(=O)O)c1cccs1. The van der Waals surface area contributed by atoms with Crippen molar-refractivity contribution in [2.75, 3.05) is 5.32 Å². The molecule has 19 heavy (non-hydrogen) atoms. The van der Waals surface area contributed by atoms with E-state index in [0.29, 0.717) is 4.88 Å². The van der Waals surface area contributed by atoms with Crippen molar-refractivity contribution >= 4 is 52.1 Å². The fourth-order valence-electron chi connectivity index (χ4n) is 1.47. The molecule has 2 aromatic rings. The summed E-state index contributed by atoms with van der Waals surface area (Å²) in [5, 5.41) is 13.5. The van der Waals surface area contributed by atoms with Gasteiger partial charge in [-0.2, -0.15) is 0 Å². The monoisotopic (exact) mass is 315 g/mol. The molecule has 0 unspecified atom stereocenters. The zero-order valence-electron chi connectivity index (χ0n) is 9.31. The van der Waals surface area contributed by atoms with Crippen LogP contribution in [0.5, 0.6) is 0 Å². The number of amides is 1. The van der Waals surface area contributed by atoms with Gasteiger partial charge in [-0.05, 0) is 23.6 Å². The Hall–Kier alpha value is -1.56. The predicted molar refractivity (Wildman–Crippen MR) is 75.7 cm³/mol. The first-order valence-corrected chi connectivity index (χ1v) is 6.70. The second-order valence-electron chi connectivity index (χ2n) is 3.52. The van der Waals surface area contributed by atoms with Gasteiger partial charge >= 0.3 is 5.97 Å². The Bertz CT molecular complexity index is 641. The molecule has 1 aromatic heterocycles. The van der Waals surface area contributed by atoms with Crippen molar-refractivity contribution in [3.05, 3.63) is 50.1 Å². The number of anilines is 1. The molecule has 1 aromatic carbocycles. The van der Waals surface area contributed by atoms with Crippen molar-refractivity contribution in [1.82, 2.24) is 0 Å². The van der Waals surface area contributed by atoms with Crippen LogP contribution in [-0.4, -0.2) is 17.0 Å². The van der Waals surface area contributed by atoms with Crippen molar-refractivity contribution in [2.45, 2.75) is 0 Å². The topological polar surface area (TPSA) is 66.4 Å². The van der Waals surface area contributed by atoms with Gasteiger partial charge in [0.1, 0.15) is 5.56 Å². The molecular formula is C12H7Cl2NO3S. The molecule has 0 aliphatic rings. The second kappa shape index (κ2) is 5.61. The number of carbonyl (C=O) groups excluding carboxylic acids is 1. The van der Waals surface area contributed by atoms with Gasteiger partial charge in [-0.25, -0.2) is 4.79 Å². The Labute approximate surface area is 122 Å². The highest BCUT2D eigenvalue weighted by Crippen LogP contribution is 2.32. The zero-order valence-corrected chi connectivity index (χ0v) is 11.6. The highest BCUT2D eigenvalue weighted by molar-refractivity contribution is 7.12. The Kier molecular flexibility index (Phi) is 4.09. The molecular weight excluding hydrogens is 309 g/mol. The summed E-state index contributed by atoms with van der Waals surface area (Å²) in [7, 11) is 0. The molecule has 0 spiro atoms. The van der Waals surface area contributed by atoms with E-state index in [9.17, 15) is 9.59 Å². The van der Waals surface area contributed by atoms with Gasteiger partial charge in [-0.1, -0.05) is 29.3 Å². The molecule has 0 radical (unpaired) electrons. The van der Waals surface area contributed by atoms with E-state index in [1.54, 1.807) is 17.5 Å². The van der Waals surface area contributed by atoms with Crippen molar-refractivity contribution < 1.29 is 14.7 Å². The number of benzene rings is 1. The van der Waals surface area contributed by atoms with E-state index in [0.717, 1.165) is 0 Å². The van der Waals surface area contributed by atoms with Gasteiger partial charge in [0.05, 0.1) is 20.6 Å². The fraction of sp³-hybridized carbons (Fsp3) is 0. The van der Waals surface area contributed by atoms with Crippen LogP contribution in [0.25, 0.3) is 0 Å². The molecule has 98 valence electrons. The highest BCUT2D eigenvalue weighted by atomic mass is 35.5. The van der Waals surface area contributed by atoms with E-state index >= 15 is 0 Å². The molecule has 4 nitrogen and oxygen atoms in total. The van der Waals surface area contributed by atoms with Crippen molar-refractivity contribution in [3.8, 4) is 0 Å². The lowest BCUT2D eigenvalue weighted by atomic mass is 10.1. The second-order valence-corrected chi connectivity index (χ2v) is 5.28. The summed E-state index contributed by atoms with van der Waals surface area (Å²) in [4.78, 5) is 23.5. The number of thiophene rings is 1. The van der Waals surface area contributed by atoms with Crippen LogP contribution in [0.3, 0.4) is 0 Å². The largest absolute Gasteiger partial charge is 0.478 e. The number of carboxylic acid groups (broad SMARTS) is 1. The number of aromatic carboxylic acids is 1. The predicted octanol–water partition coefficient (Wildman–Crippen LogP) is 4.01. The third-order valence-electron chi connectivity index (χ3n) is 2.30. The summed E-state index contributed by atoms with van der Waals surface area (Å²) >= 11 is 13.0. The fourth-order valence-corrected chi connectivity index (χ4v) is 2.53. The first kappa shape index (κ1) is 13.9. The van der Waals surface area contributed by atoms with Crippen LogP contribution < -0.4 is 5.32 Å². The molecule has 0 bridgehead atoms. The smallest absolute Gasteiger partial charge is 0.339 e. The lowest BCUT2D eigenvalue weighted by molar-refractivity contribution is 0.0698. The molecule has 7 heteroatoms. The number of halogens is 2. The number of hydrogen-bond donors (Lipinski definition) is 2. The van der Waals surface area contributed by atoms with Gasteiger partial charge in [0.2, 0.25) is 0 Å². The lowest BCUT2D eigenvalue weighted by Gasteiger charge is -2.11. The van der Waals surface area contributed by atoms with E-state index in [1.165, 1.54) is 23.5 Å². The minimum Gasteiger partial charge on any atom is -0.478 e. The number of carboxylic acids is 1. The molecule has 0 aliphatic carbocycles. The Morgan fingerprint density at radius 3 is 2.42 bits per heavy atom. The van der Waals surface area contributed by atoms with Crippen molar-refractivity contribution in [2.24, 2.45) is 0 Å². The summed E-state index contributed by atoms with van der Waals surface area (Å²) in [6, 6.07) is 6.14. The molecule has 2 rings (SSSR count). The van der Waals surface area contributed by atoms with Gasteiger partial charge < -0.3 is 10.4 Å². The minimum absolute atomic E-state index is 0.0000617. The summed E-state index contributed by atoms with van der Waals surface area (Å²) in [6.07, 6.45) is 0. The maximum atomic E-state index is 11.9. The number of rotatable bonds is 3.